The lowest BCUT2D eigenvalue weighted by Crippen LogP contribution is -2.32. The van der Waals surface area contributed by atoms with E-state index in [0.29, 0.717) is 18.8 Å². The Morgan fingerprint density at radius 1 is 1.50 bits per heavy atom. The number of ether oxygens (including phenoxy) is 1. The highest BCUT2D eigenvalue weighted by atomic mass is 16.5. The van der Waals surface area contributed by atoms with Crippen LogP contribution in [0.25, 0.3) is 0 Å². The largest absolute Gasteiger partial charge is 0.382 e. The maximum atomic E-state index is 11.6. The summed E-state index contributed by atoms with van der Waals surface area (Å²) in [5, 5.41) is 5.95. The molecule has 1 heterocycles. The molecule has 18 heavy (non-hydrogen) atoms. The number of carbonyl (C=O) groups is 1. The fourth-order valence-electron chi connectivity index (χ4n) is 1.30. The highest BCUT2D eigenvalue weighted by molar-refractivity contribution is 5.93. The van der Waals surface area contributed by atoms with Crippen molar-refractivity contribution in [3.8, 4) is 0 Å². The molecular weight excluding hydrogens is 230 g/mol. The van der Waals surface area contributed by atoms with Gasteiger partial charge in [-0.3, -0.25) is 9.78 Å². The summed E-state index contributed by atoms with van der Waals surface area (Å²) in [4.78, 5) is 15.7. The van der Waals surface area contributed by atoms with Gasteiger partial charge in [0.25, 0.3) is 5.91 Å². The van der Waals surface area contributed by atoms with E-state index in [2.05, 4.69) is 15.6 Å². The molecule has 100 valence electrons. The molecule has 1 rings (SSSR count). The molecule has 2 N–H and O–H groups in total. The predicted octanol–water partition coefficient (Wildman–Crippen LogP) is 1.67. The molecular formula is C13H21N3O2. The monoisotopic (exact) mass is 251 g/mol. The van der Waals surface area contributed by atoms with E-state index >= 15 is 0 Å². The van der Waals surface area contributed by atoms with Gasteiger partial charge in [-0.15, -0.1) is 0 Å². The van der Waals surface area contributed by atoms with E-state index in [1.807, 2.05) is 26.8 Å². The van der Waals surface area contributed by atoms with Crippen molar-refractivity contribution in [2.24, 2.45) is 0 Å². The van der Waals surface area contributed by atoms with Crippen molar-refractivity contribution in [3.63, 3.8) is 0 Å². The molecule has 5 nitrogen and oxygen atoms in total. The number of pyridine rings is 1. The predicted molar refractivity (Wildman–Crippen MR) is 71.8 cm³/mol. The van der Waals surface area contributed by atoms with Crippen LogP contribution in [0, 0.1) is 0 Å². The number of amides is 1. The lowest BCUT2D eigenvalue weighted by Gasteiger charge is -2.23. The zero-order valence-electron chi connectivity index (χ0n) is 11.4. The topological polar surface area (TPSA) is 63.2 Å². The molecule has 0 aliphatic rings. The molecule has 0 saturated heterocycles. The molecule has 1 aromatic rings. The first-order chi connectivity index (χ1) is 8.48. The number of nitrogens with zero attached hydrogens (tertiary/aromatic N) is 1. The van der Waals surface area contributed by atoms with Crippen LogP contribution in [-0.2, 0) is 4.74 Å². The summed E-state index contributed by atoms with van der Waals surface area (Å²) in [6.07, 6.45) is 1.62. The fourth-order valence-corrected chi connectivity index (χ4v) is 1.30. The molecule has 0 unspecified atom stereocenters. The first-order valence-corrected chi connectivity index (χ1v) is 6.02. The number of nitrogens with one attached hydrogen (secondary N) is 2. The van der Waals surface area contributed by atoms with Gasteiger partial charge >= 0.3 is 0 Å². The fraction of sp³-hybridized carbons (Fsp3) is 0.538. The molecule has 0 aromatic carbocycles. The lowest BCUT2D eigenvalue weighted by atomic mass is 10.1. The van der Waals surface area contributed by atoms with Crippen LogP contribution >= 0.6 is 0 Å². The van der Waals surface area contributed by atoms with Crippen LogP contribution in [0.4, 0.5) is 5.69 Å². The van der Waals surface area contributed by atoms with Gasteiger partial charge in [0.05, 0.1) is 5.60 Å². The Morgan fingerprint density at radius 2 is 2.22 bits per heavy atom. The van der Waals surface area contributed by atoms with Gasteiger partial charge in [-0.1, -0.05) is 0 Å². The molecule has 1 amide bonds. The van der Waals surface area contributed by atoms with Gasteiger partial charge < -0.3 is 15.4 Å². The van der Waals surface area contributed by atoms with E-state index in [1.54, 1.807) is 19.4 Å². The highest BCUT2D eigenvalue weighted by Crippen LogP contribution is 2.12. The maximum Gasteiger partial charge on any atom is 0.269 e. The Labute approximate surface area is 108 Å². The molecule has 0 aliphatic heterocycles. The van der Waals surface area contributed by atoms with E-state index in [9.17, 15) is 4.79 Å². The minimum atomic E-state index is -0.255. The first-order valence-electron chi connectivity index (χ1n) is 6.02. The number of methoxy groups -OCH3 is 1. The van der Waals surface area contributed by atoms with Gasteiger partial charge in [-0.05, 0) is 32.9 Å². The Balaban J connectivity index is 2.68. The Kier molecular flexibility index (Phi) is 5.09. The minimum absolute atomic E-state index is 0.160. The molecule has 1 aromatic heterocycles. The standard InChI is InChI=1S/C13H21N3O2/c1-5-14-12(17)11-8-10(6-7-15-11)16-9-13(2,3)18-4/h6-8H,5,9H2,1-4H3,(H,14,17)(H,15,16). The third-order valence-electron chi connectivity index (χ3n) is 2.60. The van der Waals surface area contributed by atoms with Crippen molar-refractivity contribution in [1.82, 2.24) is 10.3 Å². The number of anilines is 1. The summed E-state index contributed by atoms with van der Waals surface area (Å²) in [6.45, 7) is 7.11. The van der Waals surface area contributed by atoms with Crippen LogP contribution in [-0.4, -0.2) is 36.7 Å². The average Bonchev–Trinajstić information content (AvgIpc) is 2.37. The molecule has 0 atom stereocenters. The summed E-state index contributed by atoms with van der Waals surface area (Å²) >= 11 is 0. The number of aromatic nitrogens is 1. The van der Waals surface area contributed by atoms with Crippen LogP contribution < -0.4 is 10.6 Å². The average molecular weight is 251 g/mol. The zero-order chi connectivity index (χ0) is 13.6. The second-order valence-corrected chi connectivity index (χ2v) is 4.61. The highest BCUT2D eigenvalue weighted by Gasteiger charge is 2.16. The van der Waals surface area contributed by atoms with Gasteiger partial charge in [0, 0.05) is 32.1 Å². The number of carbonyl (C=O) groups excluding carboxylic acids is 1. The second kappa shape index (κ2) is 6.35. The summed E-state index contributed by atoms with van der Waals surface area (Å²) in [7, 11) is 1.67. The van der Waals surface area contributed by atoms with Crippen LogP contribution in [0.2, 0.25) is 0 Å². The summed E-state index contributed by atoms with van der Waals surface area (Å²) in [5.41, 5.74) is 1.02. The van der Waals surface area contributed by atoms with Crippen molar-refractivity contribution in [2.75, 3.05) is 25.5 Å². The van der Waals surface area contributed by atoms with E-state index in [1.165, 1.54) is 0 Å². The minimum Gasteiger partial charge on any atom is -0.382 e. The molecule has 0 aliphatic carbocycles. The lowest BCUT2D eigenvalue weighted by molar-refractivity contribution is 0.0344. The summed E-state index contributed by atoms with van der Waals surface area (Å²) in [5.74, 6) is -0.160. The van der Waals surface area contributed by atoms with Crippen molar-refractivity contribution in [1.29, 1.82) is 0 Å². The molecule has 0 fully saturated rings. The SMILES string of the molecule is CCNC(=O)c1cc(NCC(C)(C)OC)ccn1. The molecule has 0 radical (unpaired) electrons. The van der Waals surface area contributed by atoms with Gasteiger partial charge in [0.15, 0.2) is 0 Å². The Bertz CT molecular complexity index is 405. The zero-order valence-corrected chi connectivity index (χ0v) is 11.4. The normalized spacial score (nSPS) is 11.1. The van der Waals surface area contributed by atoms with Crippen molar-refractivity contribution in [3.05, 3.63) is 24.0 Å². The van der Waals surface area contributed by atoms with Gasteiger partial charge in [-0.2, -0.15) is 0 Å². The van der Waals surface area contributed by atoms with Crippen molar-refractivity contribution in [2.45, 2.75) is 26.4 Å². The second-order valence-electron chi connectivity index (χ2n) is 4.61. The Morgan fingerprint density at radius 3 is 2.83 bits per heavy atom. The van der Waals surface area contributed by atoms with Gasteiger partial charge in [-0.25, -0.2) is 0 Å². The Hall–Kier alpha value is -1.62. The smallest absolute Gasteiger partial charge is 0.269 e. The quantitative estimate of drug-likeness (QED) is 0.807. The molecule has 0 bridgehead atoms. The molecule has 5 heteroatoms. The number of hydrogen-bond donors (Lipinski definition) is 2. The van der Waals surface area contributed by atoms with E-state index in [0.717, 1.165) is 5.69 Å². The van der Waals surface area contributed by atoms with E-state index in [-0.39, 0.29) is 11.5 Å². The van der Waals surface area contributed by atoms with Crippen LogP contribution in [0.3, 0.4) is 0 Å². The van der Waals surface area contributed by atoms with Gasteiger partial charge in [0.1, 0.15) is 5.69 Å². The third-order valence-corrected chi connectivity index (χ3v) is 2.60. The third kappa shape index (κ3) is 4.33. The molecule has 0 saturated carbocycles. The number of rotatable bonds is 6. The maximum absolute atomic E-state index is 11.6. The van der Waals surface area contributed by atoms with E-state index < -0.39 is 0 Å². The van der Waals surface area contributed by atoms with Crippen LogP contribution in [0.1, 0.15) is 31.3 Å². The van der Waals surface area contributed by atoms with Crippen molar-refractivity contribution < 1.29 is 9.53 Å². The van der Waals surface area contributed by atoms with Crippen LogP contribution in [0.15, 0.2) is 18.3 Å². The van der Waals surface area contributed by atoms with Crippen LogP contribution in [0.5, 0.6) is 0 Å². The van der Waals surface area contributed by atoms with Gasteiger partial charge in [0.2, 0.25) is 0 Å². The first kappa shape index (κ1) is 14.4. The van der Waals surface area contributed by atoms with Crippen molar-refractivity contribution >= 4 is 11.6 Å². The summed E-state index contributed by atoms with van der Waals surface area (Å²) < 4.78 is 5.32. The number of hydrogen-bond acceptors (Lipinski definition) is 4. The summed E-state index contributed by atoms with van der Waals surface area (Å²) in [6, 6.07) is 3.56. The molecule has 0 spiro atoms. The van der Waals surface area contributed by atoms with E-state index in [4.69, 9.17) is 4.74 Å².